The van der Waals surface area contributed by atoms with E-state index in [1.807, 2.05) is 0 Å². The highest BCUT2D eigenvalue weighted by Gasteiger charge is 2.27. The summed E-state index contributed by atoms with van der Waals surface area (Å²) >= 11 is 0. The summed E-state index contributed by atoms with van der Waals surface area (Å²) in [5.74, 6) is -3.84. The Balaban J connectivity index is 3.27. The van der Waals surface area contributed by atoms with Crippen LogP contribution in [0.25, 0.3) is 0 Å². The van der Waals surface area contributed by atoms with Crippen LogP contribution in [0.15, 0.2) is 12.1 Å². The maximum absolute atomic E-state index is 13.1. The lowest BCUT2D eigenvalue weighted by molar-refractivity contribution is -0.385. The highest BCUT2D eigenvalue weighted by Crippen LogP contribution is 2.22. The van der Waals surface area contributed by atoms with Crippen LogP contribution in [0.1, 0.15) is 24.2 Å². The minimum Gasteiger partial charge on any atom is -0.334 e. The van der Waals surface area contributed by atoms with Gasteiger partial charge < -0.3 is 5.32 Å². The number of nitro benzene ring substituents is 1. The Labute approximate surface area is 106 Å². The second-order valence-corrected chi connectivity index (χ2v) is 4.23. The summed E-state index contributed by atoms with van der Waals surface area (Å²) in [6.07, 6.45) is 0. The summed E-state index contributed by atoms with van der Waals surface area (Å²) < 4.78 is 26.0. The monoisotopic (exact) mass is 269 g/mol. The first-order chi connectivity index (χ1) is 8.68. The van der Waals surface area contributed by atoms with Crippen LogP contribution < -0.4 is 5.32 Å². The lowest BCUT2D eigenvalue weighted by Crippen LogP contribution is -2.42. The van der Waals surface area contributed by atoms with Gasteiger partial charge in [-0.3, -0.25) is 14.9 Å². The molecule has 0 aromatic heterocycles. The number of hydrogen-bond donors (Lipinski definition) is 1. The van der Waals surface area contributed by atoms with Crippen molar-refractivity contribution < 1.29 is 18.5 Å². The molecule has 0 aliphatic carbocycles. The Morgan fingerprint density at radius 3 is 2.42 bits per heavy atom. The molecule has 6 nitrogen and oxygen atoms in total. The highest BCUT2D eigenvalue weighted by molar-refractivity contribution is 5.98. The quantitative estimate of drug-likeness (QED) is 0.669. The molecule has 0 saturated heterocycles. The molecule has 100 valence electrons. The second kappa shape index (κ2) is 4.97. The fourth-order valence-corrected chi connectivity index (χ4v) is 1.25. The summed E-state index contributed by atoms with van der Waals surface area (Å²) in [6, 6.07) is 2.50. The number of hydrogen-bond acceptors (Lipinski definition) is 4. The molecule has 0 heterocycles. The fourth-order valence-electron chi connectivity index (χ4n) is 1.25. The zero-order chi connectivity index (χ0) is 14.8. The van der Waals surface area contributed by atoms with Crippen LogP contribution in [-0.2, 0) is 0 Å². The standard InChI is InChI=1S/C11H9F2N3O3/c1-11(2,5-14)15-10(17)6-3-7(12)8(13)4-9(6)16(18)19/h3-4H,1-2H3,(H,15,17). The molecule has 0 radical (unpaired) electrons. The minimum absolute atomic E-state index is 0.323. The summed E-state index contributed by atoms with van der Waals surface area (Å²) in [5.41, 5.74) is -2.81. The van der Waals surface area contributed by atoms with E-state index < -0.39 is 39.3 Å². The molecule has 0 saturated carbocycles. The summed E-state index contributed by atoms with van der Waals surface area (Å²) in [5, 5.41) is 21.6. The van der Waals surface area contributed by atoms with Gasteiger partial charge >= 0.3 is 0 Å². The third kappa shape index (κ3) is 3.22. The van der Waals surface area contributed by atoms with E-state index in [4.69, 9.17) is 5.26 Å². The van der Waals surface area contributed by atoms with E-state index in [1.54, 1.807) is 6.07 Å². The molecular weight excluding hydrogens is 260 g/mol. The van der Waals surface area contributed by atoms with Gasteiger partial charge in [-0.25, -0.2) is 8.78 Å². The number of nitriles is 1. The first-order valence-electron chi connectivity index (χ1n) is 5.05. The molecular formula is C11H9F2N3O3. The third-order valence-corrected chi connectivity index (χ3v) is 2.19. The van der Waals surface area contributed by atoms with Crippen LogP contribution in [0.4, 0.5) is 14.5 Å². The summed E-state index contributed by atoms with van der Waals surface area (Å²) in [4.78, 5) is 21.4. The van der Waals surface area contributed by atoms with Crippen LogP contribution in [0.2, 0.25) is 0 Å². The van der Waals surface area contributed by atoms with E-state index in [1.165, 1.54) is 13.8 Å². The van der Waals surface area contributed by atoms with E-state index in [9.17, 15) is 23.7 Å². The van der Waals surface area contributed by atoms with Gasteiger partial charge in [0.05, 0.1) is 17.1 Å². The molecule has 0 unspecified atom stereocenters. The largest absolute Gasteiger partial charge is 0.334 e. The zero-order valence-corrected chi connectivity index (χ0v) is 10.0. The van der Waals surface area contributed by atoms with Gasteiger partial charge in [0.25, 0.3) is 11.6 Å². The number of nitro groups is 1. The Hall–Kier alpha value is -2.56. The molecule has 1 aromatic rings. The Morgan fingerprint density at radius 2 is 1.95 bits per heavy atom. The number of rotatable bonds is 3. The molecule has 1 amide bonds. The fraction of sp³-hybridized carbons (Fsp3) is 0.273. The lowest BCUT2D eigenvalue weighted by Gasteiger charge is -2.17. The smallest absolute Gasteiger partial charge is 0.285 e. The van der Waals surface area contributed by atoms with Crippen molar-refractivity contribution in [1.29, 1.82) is 5.26 Å². The topological polar surface area (TPSA) is 96.0 Å². The number of amides is 1. The predicted octanol–water partition coefficient (Wildman–Crippen LogP) is 1.90. The summed E-state index contributed by atoms with van der Waals surface area (Å²) in [7, 11) is 0. The van der Waals surface area contributed by atoms with E-state index in [2.05, 4.69) is 5.32 Å². The predicted molar refractivity (Wildman–Crippen MR) is 60.2 cm³/mol. The molecule has 8 heteroatoms. The summed E-state index contributed by atoms with van der Waals surface area (Å²) in [6.45, 7) is 2.72. The Bertz CT molecular complexity index is 594. The van der Waals surface area contributed by atoms with Gasteiger partial charge in [0.15, 0.2) is 11.6 Å². The van der Waals surface area contributed by atoms with E-state index >= 15 is 0 Å². The van der Waals surface area contributed by atoms with Crippen LogP contribution in [0.5, 0.6) is 0 Å². The van der Waals surface area contributed by atoms with E-state index in [0.29, 0.717) is 12.1 Å². The third-order valence-electron chi connectivity index (χ3n) is 2.19. The average molecular weight is 269 g/mol. The van der Waals surface area contributed by atoms with E-state index in [-0.39, 0.29) is 0 Å². The van der Waals surface area contributed by atoms with Crippen molar-refractivity contribution in [3.05, 3.63) is 39.4 Å². The van der Waals surface area contributed by atoms with Crippen molar-refractivity contribution in [1.82, 2.24) is 5.32 Å². The molecule has 0 aliphatic rings. The van der Waals surface area contributed by atoms with Gasteiger partial charge in [-0.15, -0.1) is 0 Å². The van der Waals surface area contributed by atoms with Gasteiger partial charge in [0, 0.05) is 0 Å². The van der Waals surface area contributed by atoms with Crippen LogP contribution in [0.3, 0.4) is 0 Å². The molecule has 0 spiro atoms. The van der Waals surface area contributed by atoms with Gasteiger partial charge in [0.2, 0.25) is 0 Å². The van der Waals surface area contributed by atoms with Crippen LogP contribution in [-0.4, -0.2) is 16.4 Å². The molecule has 1 rings (SSSR count). The average Bonchev–Trinajstić information content (AvgIpc) is 2.31. The van der Waals surface area contributed by atoms with Gasteiger partial charge in [0.1, 0.15) is 11.1 Å². The SMILES string of the molecule is CC(C)(C#N)NC(=O)c1cc(F)c(F)cc1[N+](=O)[O-]. The Morgan fingerprint density at radius 1 is 1.42 bits per heavy atom. The van der Waals surface area contributed by atoms with Crippen LogP contribution >= 0.6 is 0 Å². The number of nitrogens with one attached hydrogen (secondary N) is 1. The maximum atomic E-state index is 13.1. The first-order valence-corrected chi connectivity index (χ1v) is 5.05. The molecule has 0 atom stereocenters. The molecule has 0 aliphatic heterocycles. The van der Waals surface area contributed by atoms with E-state index in [0.717, 1.165) is 0 Å². The molecule has 0 fully saturated rings. The lowest BCUT2D eigenvalue weighted by atomic mass is 10.1. The minimum atomic E-state index is -1.43. The van der Waals surface area contributed by atoms with Gasteiger partial charge in [-0.1, -0.05) is 0 Å². The number of carbonyl (C=O) groups is 1. The number of halogens is 2. The van der Waals surface area contributed by atoms with Gasteiger partial charge in [-0.2, -0.15) is 5.26 Å². The van der Waals surface area contributed by atoms with Crippen molar-refractivity contribution in [2.75, 3.05) is 0 Å². The highest BCUT2D eigenvalue weighted by atomic mass is 19.2. The van der Waals surface area contributed by atoms with Crippen molar-refractivity contribution in [3.8, 4) is 6.07 Å². The normalized spacial score (nSPS) is 10.7. The number of nitrogens with zero attached hydrogens (tertiary/aromatic N) is 2. The van der Waals surface area contributed by atoms with Crippen molar-refractivity contribution in [2.45, 2.75) is 19.4 Å². The van der Waals surface area contributed by atoms with Crippen molar-refractivity contribution in [3.63, 3.8) is 0 Å². The van der Waals surface area contributed by atoms with Crippen molar-refractivity contribution in [2.24, 2.45) is 0 Å². The number of benzene rings is 1. The maximum Gasteiger partial charge on any atom is 0.285 e. The molecule has 1 aromatic carbocycles. The number of carbonyl (C=O) groups excluding carboxylic acids is 1. The van der Waals surface area contributed by atoms with Gasteiger partial charge in [-0.05, 0) is 19.9 Å². The molecule has 0 bridgehead atoms. The Kier molecular flexibility index (Phi) is 3.80. The molecule has 1 N–H and O–H groups in total. The van der Waals surface area contributed by atoms with Crippen LogP contribution in [0, 0.1) is 33.1 Å². The zero-order valence-electron chi connectivity index (χ0n) is 10.0. The van der Waals surface area contributed by atoms with Crippen molar-refractivity contribution >= 4 is 11.6 Å². The molecule has 19 heavy (non-hydrogen) atoms. The first kappa shape index (κ1) is 14.5. The second-order valence-electron chi connectivity index (χ2n) is 4.23.